The molecule has 2 aliphatic rings. The van der Waals surface area contributed by atoms with Gasteiger partial charge in [-0.25, -0.2) is 4.98 Å². The molecule has 3 heterocycles. The number of nitrogens with one attached hydrogen (secondary N) is 1. The number of carbonyl (C=O) groups excluding carboxylic acids is 2. The molecule has 2 atom stereocenters. The second kappa shape index (κ2) is 9.12. The molecule has 0 saturated heterocycles. The number of amides is 2. The van der Waals surface area contributed by atoms with Crippen molar-refractivity contribution < 1.29 is 14.3 Å². The van der Waals surface area contributed by atoms with E-state index < -0.39 is 0 Å². The predicted molar refractivity (Wildman–Crippen MR) is 132 cm³/mol. The number of aryl methyl sites for hydroxylation is 1. The highest BCUT2D eigenvalue weighted by molar-refractivity contribution is 7.16. The van der Waals surface area contributed by atoms with Gasteiger partial charge in [0, 0.05) is 28.9 Å². The van der Waals surface area contributed by atoms with Crippen LogP contribution in [0.1, 0.15) is 52.0 Å². The molecule has 2 amide bonds. The van der Waals surface area contributed by atoms with E-state index in [1.807, 2.05) is 11.8 Å². The first-order chi connectivity index (χ1) is 16.9. The molecule has 3 aromatic rings. The van der Waals surface area contributed by atoms with Gasteiger partial charge >= 0.3 is 0 Å². The first kappa shape index (κ1) is 23.0. The lowest BCUT2D eigenvalue weighted by Crippen LogP contribution is -2.40. The van der Waals surface area contributed by atoms with Crippen LogP contribution in [0.25, 0.3) is 11.1 Å². The molecule has 1 aliphatic carbocycles. The number of thiazole rings is 1. The molecule has 2 aromatic heterocycles. The van der Waals surface area contributed by atoms with E-state index in [1.165, 1.54) is 17.5 Å². The summed E-state index contributed by atoms with van der Waals surface area (Å²) in [5, 5.41) is 12.7. The number of pyridine rings is 1. The smallest absolute Gasteiger partial charge is 0.259 e. The second-order valence-electron chi connectivity index (χ2n) is 9.10. The minimum atomic E-state index is -0.347. The predicted octanol–water partition coefficient (Wildman–Crippen LogP) is 4.53. The average molecular weight is 488 g/mol. The van der Waals surface area contributed by atoms with Gasteiger partial charge in [-0.1, -0.05) is 18.3 Å². The Morgan fingerprint density at radius 3 is 2.71 bits per heavy atom. The van der Waals surface area contributed by atoms with E-state index in [1.54, 1.807) is 31.4 Å². The Kier molecular flexibility index (Phi) is 5.99. The van der Waals surface area contributed by atoms with Crippen molar-refractivity contribution in [3.63, 3.8) is 0 Å². The summed E-state index contributed by atoms with van der Waals surface area (Å²) in [6, 6.07) is 9.03. The Morgan fingerprint density at radius 1 is 1.23 bits per heavy atom. The van der Waals surface area contributed by atoms with E-state index in [0.717, 1.165) is 29.1 Å². The lowest BCUT2D eigenvalue weighted by molar-refractivity contribution is -0.141. The minimum absolute atomic E-state index is 0.132. The monoisotopic (exact) mass is 487 g/mol. The molecule has 1 saturated carbocycles. The maximum absolute atomic E-state index is 13.3. The number of ether oxygens (including phenoxy) is 1. The van der Waals surface area contributed by atoms with Gasteiger partial charge in [-0.3, -0.25) is 19.9 Å². The lowest BCUT2D eigenvalue weighted by atomic mass is 9.74. The Balaban J connectivity index is 1.37. The molecule has 35 heavy (non-hydrogen) atoms. The van der Waals surface area contributed by atoms with E-state index >= 15 is 0 Å². The van der Waals surface area contributed by atoms with Crippen LogP contribution in [-0.4, -0.2) is 33.8 Å². The normalized spacial score (nSPS) is 18.4. The first-order valence-corrected chi connectivity index (χ1v) is 12.3. The first-order valence-electron chi connectivity index (χ1n) is 11.5. The molecule has 1 N–H and O–H groups in total. The number of methoxy groups -OCH3 is 1. The molecule has 1 aliphatic heterocycles. The average Bonchev–Trinajstić information content (AvgIpc) is 3.41. The van der Waals surface area contributed by atoms with Crippen molar-refractivity contribution in [3.05, 3.63) is 57.9 Å². The van der Waals surface area contributed by atoms with Crippen molar-refractivity contribution in [1.82, 2.24) is 14.9 Å². The standard InChI is InChI=1S/C26H25N5O3S/c1-14-4-6-17(14)25(33)31-12-21-23(13-31)35-26(29-21)30-24(32)20-11-28-15(2)8-18(20)19-9-16(10-27)5-7-22(19)34-3/h5,7-9,11,14,17H,4,6,12-13H2,1-3H3,(H,29,30,32)/t14-,17+/m0/s1. The SMILES string of the molecule is COc1ccc(C#N)cc1-c1cc(C)ncc1C(=O)Nc1nc2c(s1)CN(C(=O)[C@@H]1CC[C@@H]1C)C2. The fraction of sp³-hybridized carbons (Fsp3) is 0.346. The van der Waals surface area contributed by atoms with Gasteiger partial charge < -0.3 is 9.64 Å². The molecule has 8 nitrogen and oxygen atoms in total. The highest BCUT2D eigenvalue weighted by Crippen LogP contribution is 2.39. The molecule has 0 bridgehead atoms. The van der Waals surface area contributed by atoms with E-state index in [0.29, 0.717) is 52.1 Å². The van der Waals surface area contributed by atoms with Gasteiger partial charge in [0.2, 0.25) is 5.91 Å². The summed E-state index contributed by atoms with van der Waals surface area (Å²) in [5.74, 6) is 1.01. The molecule has 5 rings (SSSR count). The molecular formula is C26H25N5O3S. The number of nitriles is 1. The zero-order valence-electron chi connectivity index (χ0n) is 19.8. The number of hydrogen-bond acceptors (Lipinski definition) is 7. The molecule has 1 aromatic carbocycles. The number of anilines is 1. The van der Waals surface area contributed by atoms with Crippen LogP contribution in [-0.2, 0) is 17.9 Å². The molecule has 9 heteroatoms. The second-order valence-corrected chi connectivity index (χ2v) is 10.2. The molecule has 178 valence electrons. The summed E-state index contributed by atoms with van der Waals surface area (Å²) in [5.41, 5.74) is 3.67. The third kappa shape index (κ3) is 4.26. The summed E-state index contributed by atoms with van der Waals surface area (Å²) in [7, 11) is 1.55. The van der Waals surface area contributed by atoms with Crippen molar-refractivity contribution in [2.45, 2.75) is 39.8 Å². The van der Waals surface area contributed by atoms with Gasteiger partial charge in [-0.2, -0.15) is 5.26 Å². The van der Waals surface area contributed by atoms with Gasteiger partial charge in [0.1, 0.15) is 5.75 Å². The molecule has 0 unspecified atom stereocenters. The van der Waals surface area contributed by atoms with Crippen LogP contribution >= 0.6 is 11.3 Å². The van der Waals surface area contributed by atoms with Crippen molar-refractivity contribution in [2.24, 2.45) is 11.8 Å². The van der Waals surface area contributed by atoms with Crippen LogP contribution in [0.4, 0.5) is 5.13 Å². The van der Waals surface area contributed by atoms with Crippen LogP contribution in [0, 0.1) is 30.1 Å². The van der Waals surface area contributed by atoms with Gasteiger partial charge in [-0.05, 0) is 49.9 Å². The molecule has 0 spiro atoms. The van der Waals surface area contributed by atoms with E-state index in [-0.39, 0.29) is 17.7 Å². The number of aromatic nitrogens is 2. The van der Waals surface area contributed by atoms with Gasteiger partial charge in [0.15, 0.2) is 5.13 Å². The summed E-state index contributed by atoms with van der Waals surface area (Å²) < 4.78 is 5.49. The maximum atomic E-state index is 13.3. The third-order valence-electron chi connectivity index (χ3n) is 6.83. The highest BCUT2D eigenvalue weighted by Gasteiger charge is 2.38. The molecular weight excluding hydrogens is 462 g/mol. The Bertz CT molecular complexity index is 1350. The zero-order valence-corrected chi connectivity index (χ0v) is 20.6. The van der Waals surface area contributed by atoms with Gasteiger partial charge in [0.05, 0.1) is 48.0 Å². The van der Waals surface area contributed by atoms with Crippen LogP contribution in [0.3, 0.4) is 0 Å². The summed E-state index contributed by atoms with van der Waals surface area (Å²) in [6.07, 6.45) is 3.61. The van der Waals surface area contributed by atoms with E-state index in [9.17, 15) is 14.9 Å². The van der Waals surface area contributed by atoms with Crippen LogP contribution in [0.2, 0.25) is 0 Å². The van der Waals surface area contributed by atoms with Gasteiger partial charge in [0.25, 0.3) is 5.91 Å². The van der Waals surface area contributed by atoms with E-state index in [2.05, 4.69) is 28.3 Å². The van der Waals surface area contributed by atoms with E-state index in [4.69, 9.17) is 4.74 Å². The molecule has 0 radical (unpaired) electrons. The Hall–Kier alpha value is -3.77. The minimum Gasteiger partial charge on any atom is -0.496 e. The fourth-order valence-electron chi connectivity index (χ4n) is 4.63. The number of carbonyl (C=O) groups is 2. The summed E-state index contributed by atoms with van der Waals surface area (Å²) in [4.78, 5) is 37.8. The largest absolute Gasteiger partial charge is 0.496 e. The third-order valence-corrected chi connectivity index (χ3v) is 7.82. The number of hydrogen-bond donors (Lipinski definition) is 1. The lowest BCUT2D eigenvalue weighted by Gasteiger charge is -2.35. The summed E-state index contributed by atoms with van der Waals surface area (Å²) in [6.45, 7) is 5.00. The number of rotatable bonds is 5. The van der Waals surface area contributed by atoms with Gasteiger partial charge in [-0.15, -0.1) is 0 Å². The van der Waals surface area contributed by atoms with Crippen molar-refractivity contribution >= 4 is 28.3 Å². The maximum Gasteiger partial charge on any atom is 0.259 e. The Labute approximate surface area is 207 Å². The number of fused-ring (bicyclic) bond motifs is 1. The summed E-state index contributed by atoms with van der Waals surface area (Å²) >= 11 is 1.40. The Morgan fingerprint density at radius 2 is 2.06 bits per heavy atom. The van der Waals surface area contributed by atoms with Crippen LogP contribution in [0.5, 0.6) is 5.75 Å². The zero-order chi connectivity index (χ0) is 24.7. The fourth-order valence-corrected chi connectivity index (χ4v) is 5.62. The molecule has 1 fully saturated rings. The number of benzene rings is 1. The topological polar surface area (TPSA) is 108 Å². The van der Waals surface area contributed by atoms with Crippen LogP contribution < -0.4 is 10.1 Å². The van der Waals surface area contributed by atoms with Crippen molar-refractivity contribution in [3.8, 4) is 22.9 Å². The van der Waals surface area contributed by atoms with Crippen molar-refractivity contribution in [2.75, 3.05) is 12.4 Å². The van der Waals surface area contributed by atoms with Crippen LogP contribution in [0.15, 0.2) is 30.5 Å². The van der Waals surface area contributed by atoms with Crippen molar-refractivity contribution in [1.29, 1.82) is 5.26 Å². The quantitative estimate of drug-likeness (QED) is 0.566. The number of nitrogens with zero attached hydrogens (tertiary/aromatic N) is 4. The highest BCUT2D eigenvalue weighted by atomic mass is 32.1.